The highest BCUT2D eigenvalue weighted by Crippen LogP contribution is 2.28. The minimum Gasteiger partial charge on any atom is -0.396 e. The molecule has 86 valence electrons. The van der Waals surface area contributed by atoms with Gasteiger partial charge in [-0.2, -0.15) is 0 Å². The first kappa shape index (κ1) is 12.6. The number of rotatable bonds is 6. The Balaban J connectivity index is 2.58. The fourth-order valence-electron chi connectivity index (χ4n) is 1.55. The second-order valence-electron chi connectivity index (χ2n) is 4.03. The van der Waals surface area contributed by atoms with E-state index in [9.17, 15) is 10.2 Å². The van der Waals surface area contributed by atoms with Gasteiger partial charge in [0.1, 0.15) is 0 Å². The summed E-state index contributed by atoms with van der Waals surface area (Å²) in [7, 11) is 0. The van der Waals surface area contributed by atoms with Crippen LogP contribution in [0.15, 0.2) is 5.51 Å². The normalized spacial score (nSPS) is 12.0. The van der Waals surface area contributed by atoms with Gasteiger partial charge in [0, 0.05) is 10.3 Å². The van der Waals surface area contributed by atoms with Crippen molar-refractivity contribution in [3.63, 3.8) is 0 Å². The van der Waals surface area contributed by atoms with Crippen molar-refractivity contribution in [1.82, 2.24) is 4.98 Å². The van der Waals surface area contributed by atoms with Crippen molar-refractivity contribution < 1.29 is 10.2 Å². The van der Waals surface area contributed by atoms with Gasteiger partial charge >= 0.3 is 0 Å². The van der Waals surface area contributed by atoms with Crippen molar-refractivity contribution >= 4 is 11.3 Å². The fourth-order valence-corrected chi connectivity index (χ4v) is 2.33. The lowest BCUT2D eigenvalue weighted by Gasteiger charge is -2.28. The molecule has 1 aromatic rings. The third kappa shape index (κ3) is 3.00. The van der Waals surface area contributed by atoms with Crippen molar-refractivity contribution in [2.45, 2.75) is 33.1 Å². The monoisotopic (exact) mass is 229 g/mol. The number of nitrogens with zero attached hydrogens (tertiary/aromatic N) is 1. The zero-order valence-corrected chi connectivity index (χ0v) is 10.2. The maximum atomic E-state index is 9.30. The van der Waals surface area contributed by atoms with Crippen LogP contribution in [0.5, 0.6) is 0 Å². The minimum atomic E-state index is -0.323. The van der Waals surface area contributed by atoms with Gasteiger partial charge in [-0.25, -0.2) is 4.98 Å². The molecule has 0 fully saturated rings. The zero-order chi connectivity index (χ0) is 11.3. The topological polar surface area (TPSA) is 53.4 Å². The molecular weight excluding hydrogens is 210 g/mol. The van der Waals surface area contributed by atoms with Crippen LogP contribution in [0.1, 0.15) is 30.3 Å². The summed E-state index contributed by atoms with van der Waals surface area (Å²) in [5, 5.41) is 18.6. The summed E-state index contributed by atoms with van der Waals surface area (Å²) >= 11 is 1.65. The van der Waals surface area contributed by atoms with Crippen molar-refractivity contribution in [1.29, 1.82) is 0 Å². The molecule has 4 heteroatoms. The fraction of sp³-hybridized carbons (Fsp3) is 0.727. The van der Waals surface area contributed by atoms with Gasteiger partial charge in [-0.15, -0.1) is 11.3 Å². The second kappa shape index (κ2) is 5.58. The van der Waals surface area contributed by atoms with Gasteiger partial charge in [-0.1, -0.05) is 6.92 Å². The summed E-state index contributed by atoms with van der Waals surface area (Å²) < 4.78 is 0. The Labute approximate surface area is 94.8 Å². The molecule has 15 heavy (non-hydrogen) atoms. The van der Waals surface area contributed by atoms with E-state index in [1.807, 2.05) is 19.4 Å². The lowest BCUT2D eigenvalue weighted by atomic mass is 9.82. The van der Waals surface area contributed by atoms with E-state index in [4.69, 9.17) is 0 Å². The van der Waals surface area contributed by atoms with Gasteiger partial charge in [-0.3, -0.25) is 0 Å². The first-order chi connectivity index (χ1) is 7.17. The highest BCUT2D eigenvalue weighted by atomic mass is 32.1. The SMILES string of the molecule is CCC(CO)(CO)CCc1scnc1C. The molecule has 0 radical (unpaired) electrons. The van der Waals surface area contributed by atoms with E-state index >= 15 is 0 Å². The predicted molar refractivity (Wildman–Crippen MR) is 62.1 cm³/mol. The Hall–Kier alpha value is -0.450. The molecule has 0 aliphatic carbocycles. The van der Waals surface area contributed by atoms with E-state index in [1.54, 1.807) is 11.3 Å². The van der Waals surface area contributed by atoms with Crippen LogP contribution in [-0.2, 0) is 6.42 Å². The second-order valence-corrected chi connectivity index (χ2v) is 4.97. The lowest BCUT2D eigenvalue weighted by molar-refractivity contribution is 0.0442. The third-order valence-electron chi connectivity index (χ3n) is 3.15. The molecule has 0 saturated carbocycles. The molecule has 0 saturated heterocycles. The summed E-state index contributed by atoms with van der Waals surface area (Å²) in [6.45, 7) is 4.11. The maximum absolute atomic E-state index is 9.30. The number of aryl methyl sites for hydroxylation is 2. The first-order valence-corrected chi connectivity index (χ1v) is 6.16. The molecule has 3 nitrogen and oxygen atoms in total. The summed E-state index contributed by atoms with van der Waals surface area (Å²) in [4.78, 5) is 5.45. The average molecular weight is 229 g/mol. The Kier molecular flexibility index (Phi) is 4.70. The van der Waals surface area contributed by atoms with Crippen LogP contribution >= 0.6 is 11.3 Å². The molecule has 0 spiro atoms. The molecule has 1 heterocycles. The molecule has 0 aliphatic heterocycles. The van der Waals surface area contributed by atoms with E-state index in [1.165, 1.54) is 4.88 Å². The molecule has 0 aromatic carbocycles. The van der Waals surface area contributed by atoms with Gasteiger partial charge < -0.3 is 10.2 Å². The number of hydrogen-bond acceptors (Lipinski definition) is 4. The van der Waals surface area contributed by atoms with Gasteiger partial charge in [0.25, 0.3) is 0 Å². The Morgan fingerprint density at radius 1 is 1.40 bits per heavy atom. The Morgan fingerprint density at radius 2 is 2.07 bits per heavy atom. The van der Waals surface area contributed by atoms with Crippen molar-refractivity contribution in [3.05, 3.63) is 16.1 Å². The van der Waals surface area contributed by atoms with Gasteiger partial charge in [0.2, 0.25) is 0 Å². The minimum absolute atomic E-state index is 0.0534. The molecule has 2 N–H and O–H groups in total. The van der Waals surface area contributed by atoms with Crippen molar-refractivity contribution in [2.24, 2.45) is 5.41 Å². The summed E-state index contributed by atoms with van der Waals surface area (Å²) in [6, 6.07) is 0. The molecule has 1 rings (SSSR count). The molecule has 1 aromatic heterocycles. The van der Waals surface area contributed by atoms with Crippen LogP contribution in [0.3, 0.4) is 0 Å². The van der Waals surface area contributed by atoms with Crippen LogP contribution in [0.25, 0.3) is 0 Å². The van der Waals surface area contributed by atoms with E-state index in [0.717, 1.165) is 25.0 Å². The smallest absolute Gasteiger partial charge is 0.0797 e. The molecule has 0 atom stereocenters. The first-order valence-electron chi connectivity index (χ1n) is 5.28. The molecular formula is C11H19NO2S. The van der Waals surface area contributed by atoms with E-state index < -0.39 is 0 Å². The average Bonchev–Trinajstić information content (AvgIpc) is 2.67. The van der Waals surface area contributed by atoms with Crippen LogP contribution in [-0.4, -0.2) is 28.4 Å². The van der Waals surface area contributed by atoms with Crippen molar-refractivity contribution in [3.8, 4) is 0 Å². The van der Waals surface area contributed by atoms with E-state index in [0.29, 0.717) is 0 Å². The van der Waals surface area contributed by atoms with Crippen LogP contribution < -0.4 is 0 Å². The number of aliphatic hydroxyl groups is 2. The van der Waals surface area contributed by atoms with Gasteiger partial charge in [-0.05, 0) is 26.2 Å². The molecule has 0 amide bonds. The van der Waals surface area contributed by atoms with E-state index in [2.05, 4.69) is 4.98 Å². The molecule has 0 bridgehead atoms. The van der Waals surface area contributed by atoms with E-state index in [-0.39, 0.29) is 18.6 Å². The highest BCUT2D eigenvalue weighted by molar-refractivity contribution is 7.09. The van der Waals surface area contributed by atoms with Crippen LogP contribution in [0.4, 0.5) is 0 Å². The van der Waals surface area contributed by atoms with Crippen LogP contribution in [0.2, 0.25) is 0 Å². The third-order valence-corrected chi connectivity index (χ3v) is 4.14. The Bertz CT molecular complexity index is 286. The Morgan fingerprint density at radius 3 is 2.47 bits per heavy atom. The largest absolute Gasteiger partial charge is 0.396 e. The number of thiazole rings is 1. The number of aromatic nitrogens is 1. The summed E-state index contributed by atoms with van der Waals surface area (Å²) in [5.41, 5.74) is 2.59. The van der Waals surface area contributed by atoms with Crippen LogP contribution in [0, 0.1) is 12.3 Å². The van der Waals surface area contributed by atoms with Crippen molar-refractivity contribution in [2.75, 3.05) is 13.2 Å². The lowest BCUT2D eigenvalue weighted by Crippen LogP contribution is -2.29. The quantitative estimate of drug-likeness (QED) is 0.781. The highest BCUT2D eigenvalue weighted by Gasteiger charge is 2.26. The summed E-state index contributed by atoms with van der Waals surface area (Å²) in [6.07, 6.45) is 2.52. The maximum Gasteiger partial charge on any atom is 0.0797 e. The molecule has 0 unspecified atom stereocenters. The zero-order valence-electron chi connectivity index (χ0n) is 9.36. The predicted octanol–water partition coefficient (Wildman–Crippen LogP) is 1.77. The summed E-state index contributed by atoms with van der Waals surface area (Å²) in [5.74, 6) is 0. The molecule has 0 aliphatic rings. The number of hydrogen-bond donors (Lipinski definition) is 2. The van der Waals surface area contributed by atoms with Gasteiger partial charge in [0.05, 0.1) is 24.4 Å². The number of aliphatic hydroxyl groups excluding tert-OH is 2. The standard InChI is InChI=1S/C11H19NO2S/c1-3-11(6-13,7-14)5-4-10-9(2)12-8-15-10/h8,13-14H,3-7H2,1-2H3. The van der Waals surface area contributed by atoms with Gasteiger partial charge in [0.15, 0.2) is 0 Å².